The van der Waals surface area contributed by atoms with Crippen LogP contribution in [-0.4, -0.2) is 107 Å². The zero-order chi connectivity index (χ0) is 45.8. The second-order valence-electron chi connectivity index (χ2n) is 20.1. The number of nitrogens with zero attached hydrogens (tertiary/aromatic N) is 4. The molecule has 0 spiro atoms. The number of halogens is 2. The molecule has 10 nitrogen and oxygen atoms in total. The number of pyridine rings is 2. The van der Waals surface area contributed by atoms with Crippen LogP contribution in [0.15, 0.2) is 48.8 Å². The van der Waals surface area contributed by atoms with Crippen LogP contribution in [0.3, 0.4) is 0 Å². The van der Waals surface area contributed by atoms with E-state index in [-0.39, 0.29) is 24.0 Å². The molecule has 4 N–H and O–H groups in total. The van der Waals surface area contributed by atoms with Crippen LogP contribution in [0.4, 0.5) is 0 Å². The molecule has 8 rings (SSSR count). The van der Waals surface area contributed by atoms with Crippen molar-refractivity contribution >= 4 is 45.0 Å². The van der Waals surface area contributed by atoms with E-state index in [1.165, 1.54) is 83.7 Å². The van der Waals surface area contributed by atoms with Gasteiger partial charge in [0.05, 0.1) is 47.5 Å². The first-order valence-electron chi connectivity index (χ1n) is 24.8. The normalized spacial score (nSPS) is 20.7. The van der Waals surface area contributed by atoms with Gasteiger partial charge in [0.2, 0.25) is 0 Å². The van der Waals surface area contributed by atoms with E-state index in [0.717, 1.165) is 98.3 Å². The number of hydrogen-bond donors (Lipinski definition) is 4. The Morgan fingerprint density at radius 3 is 1.37 bits per heavy atom. The third-order valence-electron chi connectivity index (χ3n) is 16.1. The Kier molecular flexibility index (Phi) is 18.5. The number of ether oxygens (including phenoxy) is 2. The molecular formula is C53H76Cl2N4O6. The van der Waals surface area contributed by atoms with Gasteiger partial charge in [0.1, 0.15) is 11.5 Å². The second kappa shape index (κ2) is 24.0. The maximum absolute atomic E-state index is 11.1. The van der Waals surface area contributed by atoms with Gasteiger partial charge in [0, 0.05) is 47.5 Å². The number of rotatable bonds is 18. The van der Waals surface area contributed by atoms with Crippen LogP contribution in [0.2, 0.25) is 10.0 Å². The number of likely N-dealkylation sites (tertiary alicyclic amines) is 2. The third-order valence-corrected chi connectivity index (χ3v) is 16.7. The summed E-state index contributed by atoms with van der Waals surface area (Å²) in [5.41, 5.74) is 2.76. The van der Waals surface area contributed by atoms with Crippen molar-refractivity contribution in [3.63, 3.8) is 0 Å². The highest BCUT2D eigenvalue weighted by atomic mass is 35.5. The minimum absolute atomic E-state index is 0.113. The van der Waals surface area contributed by atoms with Crippen molar-refractivity contribution in [3.05, 3.63) is 70.0 Å². The molecule has 4 aliphatic rings. The molecule has 2 saturated carbocycles. The average Bonchev–Trinajstić information content (AvgIpc) is 3.88. The summed E-state index contributed by atoms with van der Waals surface area (Å²) in [6.45, 7) is 6.90. The van der Waals surface area contributed by atoms with Gasteiger partial charge >= 0.3 is 0 Å². The van der Waals surface area contributed by atoms with Crippen LogP contribution in [-0.2, 0) is 0 Å². The Labute approximate surface area is 398 Å². The molecule has 0 unspecified atom stereocenters. The van der Waals surface area contributed by atoms with Gasteiger partial charge in [-0.2, -0.15) is 0 Å². The molecular weight excluding hydrogens is 860 g/mol. The number of piperidine rings is 2. The van der Waals surface area contributed by atoms with Gasteiger partial charge in [-0.3, -0.25) is 9.97 Å². The summed E-state index contributed by atoms with van der Waals surface area (Å²) in [6, 6.07) is 11.3. The topological polar surface area (TPSA) is 132 Å². The molecule has 4 aromatic rings. The lowest BCUT2D eigenvalue weighted by molar-refractivity contribution is 0.0218. The quantitative estimate of drug-likeness (QED) is 0.0765. The van der Waals surface area contributed by atoms with Crippen molar-refractivity contribution in [1.82, 2.24) is 19.8 Å². The van der Waals surface area contributed by atoms with E-state index in [1.807, 2.05) is 36.4 Å². The highest BCUT2D eigenvalue weighted by Gasteiger charge is 2.36. The van der Waals surface area contributed by atoms with E-state index in [1.54, 1.807) is 26.6 Å². The number of aliphatic hydroxyl groups excluding tert-OH is 4. The first kappa shape index (κ1) is 50.1. The van der Waals surface area contributed by atoms with Crippen LogP contribution < -0.4 is 9.47 Å². The van der Waals surface area contributed by atoms with Crippen LogP contribution in [0.25, 0.3) is 21.8 Å². The smallest absolute Gasteiger partial charge is 0.119 e. The lowest BCUT2D eigenvalue weighted by Gasteiger charge is -2.41. The molecule has 12 heteroatoms. The van der Waals surface area contributed by atoms with Crippen molar-refractivity contribution < 1.29 is 29.9 Å². The molecule has 0 bridgehead atoms. The maximum Gasteiger partial charge on any atom is 0.119 e. The predicted octanol–water partition coefficient (Wildman–Crippen LogP) is 11.1. The molecule has 2 saturated heterocycles. The second-order valence-corrected chi connectivity index (χ2v) is 21.0. The number of methoxy groups -OCH3 is 2. The molecule has 2 aromatic heterocycles. The Bertz CT molecular complexity index is 2100. The van der Waals surface area contributed by atoms with Crippen LogP contribution >= 0.6 is 23.2 Å². The number of fused-ring (bicyclic) bond motifs is 2. The standard InChI is InChI=1S/C27H39ClN2O3.C26H37ClN2O3/c1-33-21-7-8-24-22(17-21)26(23(28)18-29-24)25(32)9-11-27(19-31)12-15-30(16-13-27)14-10-20-5-3-2-4-6-20;1-32-20-6-7-23-21(16-20)25(22(27)17-28-23)24(31)8-10-26(18-30)11-14-29(15-12-26)13-9-19-4-2-3-5-19/h7-8,17-18,20,25,31-32H,2-6,9-16,19H2,1H3;6-7,16-17,19,24,30-31H,2-5,8-15,18H2,1H3/t25-;24-/m11/s1. The zero-order valence-electron chi connectivity index (χ0n) is 39.2. The van der Waals surface area contributed by atoms with Crippen molar-refractivity contribution in [2.75, 3.05) is 66.7 Å². The summed E-state index contributed by atoms with van der Waals surface area (Å²) >= 11 is 13.0. The van der Waals surface area contributed by atoms with E-state index < -0.39 is 12.2 Å². The molecule has 358 valence electrons. The minimum atomic E-state index is -0.706. The van der Waals surface area contributed by atoms with Crippen molar-refractivity contribution in [2.45, 2.75) is 134 Å². The third kappa shape index (κ3) is 13.1. The van der Waals surface area contributed by atoms with Gasteiger partial charge in [-0.1, -0.05) is 81.0 Å². The van der Waals surface area contributed by atoms with E-state index >= 15 is 0 Å². The van der Waals surface area contributed by atoms with Crippen molar-refractivity contribution in [2.24, 2.45) is 22.7 Å². The SMILES string of the molecule is COc1ccc2ncc(Cl)c([C@H](O)CCC3(CO)CCN(CCC4CCCC4)CC3)c2c1.COc1ccc2ncc(Cl)c([C@H](O)CCC3(CO)CCN(CCC4CCCCC4)CC3)c2c1. The van der Waals surface area contributed by atoms with E-state index in [0.29, 0.717) is 45.5 Å². The summed E-state index contributed by atoms with van der Waals surface area (Å²) in [4.78, 5) is 13.9. The Morgan fingerprint density at radius 1 is 0.615 bits per heavy atom. The van der Waals surface area contributed by atoms with Crippen molar-refractivity contribution in [3.8, 4) is 11.5 Å². The van der Waals surface area contributed by atoms with E-state index in [9.17, 15) is 20.4 Å². The van der Waals surface area contributed by atoms with E-state index in [4.69, 9.17) is 32.7 Å². The van der Waals surface area contributed by atoms with Crippen molar-refractivity contribution in [1.29, 1.82) is 0 Å². The average molecular weight is 936 g/mol. The Morgan fingerprint density at radius 2 is 1.00 bits per heavy atom. The molecule has 2 aliphatic carbocycles. The predicted molar refractivity (Wildman–Crippen MR) is 263 cm³/mol. The van der Waals surface area contributed by atoms with Gasteiger partial charge in [-0.05, 0) is 163 Å². The number of hydrogen-bond acceptors (Lipinski definition) is 10. The number of aliphatic hydroxyl groups is 4. The first-order chi connectivity index (χ1) is 31.6. The Hall–Kier alpha value is -2.80. The highest BCUT2D eigenvalue weighted by molar-refractivity contribution is 6.32. The number of benzene rings is 2. The molecule has 2 atom stereocenters. The summed E-state index contributed by atoms with van der Waals surface area (Å²) in [5.74, 6) is 3.27. The van der Waals surface area contributed by atoms with Gasteiger partial charge in [-0.15, -0.1) is 0 Å². The molecule has 2 aromatic carbocycles. The van der Waals surface area contributed by atoms with E-state index in [2.05, 4.69) is 19.8 Å². The highest BCUT2D eigenvalue weighted by Crippen LogP contribution is 2.43. The van der Waals surface area contributed by atoms with Crippen LogP contribution in [0.5, 0.6) is 11.5 Å². The molecule has 65 heavy (non-hydrogen) atoms. The fourth-order valence-corrected chi connectivity index (χ4v) is 12.0. The van der Waals surface area contributed by atoms with Gasteiger partial charge < -0.3 is 39.7 Å². The summed E-state index contributed by atoms with van der Waals surface area (Å²) in [7, 11) is 3.25. The summed E-state index contributed by atoms with van der Waals surface area (Å²) in [6.07, 6.45) is 23.8. The van der Waals surface area contributed by atoms with Gasteiger partial charge in [0.15, 0.2) is 0 Å². The summed E-state index contributed by atoms with van der Waals surface area (Å²) < 4.78 is 10.7. The molecule has 4 fully saturated rings. The fraction of sp³-hybridized carbons (Fsp3) is 0.660. The molecule has 0 amide bonds. The van der Waals surface area contributed by atoms with Crippen LogP contribution in [0, 0.1) is 22.7 Å². The molecule has 2 aliphatic heterocycles. The van der Waals surface area contributed by atoms with Gasteiger partial charge in [0.25, 0.3) is 0 Å². The lowest BCUT2D eigenvalue weighted by Crippen LogP contribution is -2.42. The monoisotopic (exact) mass is 935 g/mol. The first-order valence-corrected chi connectivity index (χ1v) is 25.6. The zero-order valence-corrected chi connectivity index (χ0v) is 40.7. The lowest BCUT2D eigenvalue weighted by atomic mass is 9.74. The fourth-order valence-electron chi connectivity index (χ4n) is 11.4. The largest absolute Gasteiger partial charge is 0.497 e. The van der Waals surface area contributed by atoms with Gasteiger partial charge in [-0.25, -0.2) is 0 Å². The maximum atomic E-state index is 11.1. The number of aromatic nitrogens is 2. The van der Waals surface area contributed by atoms with Crippen LogP contribution in [0.1, 0.15) is 145 Å². The molecule has 0 radical (unpaired) electrons. The Balaban J connectivity index is 0.000000194. The summed E-state index contributed by atoms with van der Waals surface area (Å²) in [5, 5.41) is 45.4. The molecule has 4 heterocycles. The minimum Gasteiger partial charge on any atom is -0.497 e.